The highest BCUT2D eigenvalue weighted by atomic mass is 32.2. The van der Waals surface area contributed by atoms with Gasteiger partial charge in [0.25, 0.3) is 0 Å². The summed E-state index contributed by atoms with van der Waals surface area (Å²) in [6.45, 7) is 2.07. The predicted octanol–water partition coefficient (Wildman–Crippen LogP) is 2.64. The first-order chi connectivity index (χ1) is 7.76. The molecule has 84 valence electrons. The van der Waals surface area contributed by atoms with Crippen molar-refractivity contribution in [2.45, 2.75) is 13.3 Å². The number of benzene rings is 1. The summed E-state index contributed by atoms with van der Waals surface area (Å²) < 4.78 is 0. The van der Waals surface area contributed by atoms with E-state index in [1.165, 1.54) is 0 Å². The molecule has 0 spiro atoms. The third-order valence-electron chi connectivity index (χ3n) is 1.95. The molecule has 1 amide bonds. The van der Waals surface area contributed by atoms with Crippen LogP contribution in [0.2, 0.25) is 0 Å². The van der Waals surface area contributed by atoms with Gasteiger partial charge >= 0.3 is 0 Å². The number of hydrogen-bond donors (Lipinski definition) is 1. The van der Waals surface area contributed by atoms with E-state index in [2.05, 4.69) is 12.2 Å². The van der Waals surface area contributed by atoms with Crippen molar-refractivity contribution in [3.63, 3.8) is 0 Å². The number of amides is 1. The number of carbonyl (C=O) groups is 1. The lowest BCUT2D eigenvalue weighted by molar-refractivity contribution is -0.115. The standard InChI is InChI=1S/C12H14N2OS/c1-2-16-7-6-12(15)14-11-5-3-4-10(8-11)9-13/h3-5,8H,2,6-7H2,1H3,(H,14,15). The first-order valence-electron chi connectivity index (χ1n) is 5.14. The third-order valence-corrected chi connectivity index (χ3v) is 2.85. The Morgan fingerprint density at radius 3 is 3.06 bits per heavy atom. The molecule has 16 heavy (non-hydrogen) atoms. The van der Waals surface area contributed by atoms with Crippen LogP contribution in [0.3, 0.4) is 0 Å². The van der Waals surface area contributed by atoms with E-state index in [-0.39, 0.29) is 5.91 Å². The van der Waals surface area contributed by atoms with E-state index >= 15 is 0 Å². The summed E-state index contributed by atoms with van der Waals surface area (Å²) in [6, 6.07) is 8.96. The first kappa shape index (κ1) is 12.6. The zero-order valence-corrected chi connectivity index (χ0v) is 10.0. The lowest BCUT2D eigenvalue weighted by atomic mass is 10.2. The Morgan fingerprint density at radius 2 is 2.38 bits per heavy atom. The quantitative estimate of drug-likeness (QED) is 0.797. The van der Waals surface area contributed by atoms with Crippen molar-refractivity contribution in [2.75, 3.05) is 16.8 Å². The maximum absolute atomic E-state index is 11.5. The van der Waals surface area contributed by atoms with E-state index in [4.69, 9.17) is 5.26 Å². The number of nitrogens with zero attached hydrogens (tertiary/aromatic N) is 1. The number of anilines is 1. The van der Waals surface area contributed by atoms with Crippen LogP contribution >= 0.6 is 11.8 Å². The van der Waals surface area contributed by atoms with E-state index in [1.807, 2.05) is 6.07 Å². The zero-order valence-electron chi connectivity index (χ0n) is 9.19. The van der Waals surface area contributed by atoms with Crippen molar-refractivity contribution in [3.8, 4) is 6.07 Å². The fourth-order valence-electron chi connectivity index (χ4n) is 1.20. The molecule has 0 aliphatic heterocycles. The van der Waals surface area contributed by atoms with Crippen LogP contribution in [0, 0.1) is 11.3 Å². The zero-order chi connectivity index (χ0) is 11.8. The minimum atomic E-state index is -0.00367. The molecule has 0 heterocycles. The summed E-state index contributed by atoms with van der Waals surface area (Å²) in [4.78, 5) is 11.5. The van der Waals surface area contributed by atoms with Crippen LogP contribution in [0.1, 0.15) is 18.9 Å². The average Bonchev–Trinajstić information content (AvgIpc) is 2.29. The molecule has 0 saturated carbocycles. The van der Waals surface area contributed by atoms with Gasteiger partial charge in [-0.1, -0.05) is 13.0 Å². The molecule has 0 aliphatic rings. The van der Waals surface area contributed by atoms with E-state index in [0.29, 0.717) is 17.7 Å². The van der Waals surface area contributed by atoms with Gasteiger partial charge in [-0.2, -0.15) is 17.0 Å². The minimum absolute atomic E-state index is 0.00367. The Labute approximate surface area is 99.8 Å². The Bertz CT molecular complexity index is 398. The summed E-state index contributed by atoms with van der Waals surface area (Å²) in [5.74, 6) is 1.85. The smallest absolute Gasteiger partial charge is 0.225 e. The summed E-state index contributed by atoms with van der Waals surface area (Å²) in [5.41, 5.74) is 1.24. The molecule has 3 nitrogen and oxygen atoms in total. The van der Waals surface area contributed by atoms with Crippen molar-refractivity contribution in [1.82, 2.24) is 0 Å². The van der Waals surface area contributed by atoms with Crippen LogP contribution in [-0.2, 0) is 4.79 Å². The molecule has 0 atom stereocenters. The lowest BCUT2D eigenvalue weighted by Crippen LogP contribution is -2.12. The second-order valence-electron chi connectivity index (χ2n) is 3.19. The van der Waals surface area contributed by atoms with Gasteiger partial charge in [0.1, 0.15) is 0 Å². The number of nitriles is 1. The van der Waals surface area contributed by atoms with Gasteiger partial charge in [0.15, 0.2) is 0 Å². The minimum Gasteiger partial charge on any atom is -0.326 e. The molecule has 0 saturated heterocycles. The van der Waals surface area contributed by atoms with Gasteiger partial charge in [-0.3, -0.25) is 4.79 Å². The van der Waals surface area contributed by atoms with Crippen LogP contribution in [0.5, 0.6) is 0 Å². The van der Waals surface area contributed by atoms with E-state index < -0.39 is 0 Å². The molecule has 4 heteroatoms. The molecular formula is C12H14N2OS. The highest BCUT2D eigenvalue weighted by Crippen LogP contribution is 2.10. The van der Waals surface area contributed by atoms with Crippen molar-refractivity contribution in [3.05, 3.63) is 29.8 Å². The largest absolute Gasteiger partial charge is 0.326 e. The molecule has 1 aromatic rings. The molecule has 0 fully saturated rings. The molecule has 0 unspecified atom stereocenters. The Morgan fingerprint density at radius 1 is 1.56 bits per heavy atom. The second-order valence-corrected chi connectivity index (χ2v) is 4.58. The highest BCUT2D eigenvalue weighted by Gasteiger charge is 2.02. The first-order valence-corrected chi connectivity index (χ1v) is 6.29. The van der Waals surface area contributed by atoms with Crippen LogP contribution in [-0.4, -0.2) is 17.4 Å². The molecule has 1 rings (SSSR count). The summed E-state index contributed by atoms with van der Waals surface area (Å²) in [5, 5.41) is 11.5. The summed E-state index contributed by atoms with van der Waals surface area (Å²) >= 11 is 1.74. The van der Waals surface area contributed by atoms with Crippen LogP contribution < -0.4 is 5.32 Å². The molecule has 0 bridgehead atoms. The molecular weight excluding hydrogens is 220 g/mol. The number of rotatable bonds is 5. The average molecular weight is 234 g/mol. The molecule has 0 aliphatic carbocycles. The second kappa shape index (κ2) is 6.91. The normalized spacial score (nSPS) is 9.50. The van der Waals surface area contributed by atoms with Crippen LogP contribution in [0.25, 0.3) is 0 Å². The fraction of sp³-hybridized carbons (Fsp3) is 0.333. The van der Waals surface area contributed by atoms with Crippen molar-refractivity contribution in [1.29, 1.82) is 5.26 Å². The number of thioether (sulfide) groups is 1. The predicted molar refractivity (Wildman–Crippen MR) is 67.4 cm³/mol. The fourth-order valence-corrected chi connectivity index (χ4v) is 1.82. The third kappa shape index (κ3) is 4.37. The van der Waals surface area contributed by atoms with E-state index in [0.717, 1.165) is 11.5 Å². The van der Waals surface area contributed by atoms with Crippen molar-refractivity contribution < 1.29 is 4.79 Å². The maximum atomic E-state index is 11.5. The SMILES string of the molecule is CCSCCC(=O)Nc1cccc(C#N)c1. The highest BCUT2D eigenvalue weighted by molar-refractivity contribution is 7.99. The van der Waals surface area contributed by atoms with Gasteiger partial charge < -0.3 is 5.32 Å². The Kier molecular flexibility index (Phi) is 5.44. The maximum Gasteiger partial charge on any atom is 0.225 e. The van der Waals surface area contributed by atoms with Gasteiger partial charge in [-0.25, -0.2) is 0 Å². The van der Waals surface area contributed by atoms with Crippen LogP contribution in [0.15, 0.2) is 24.3 Å². The summed E-state index contributed by atoms with van der Waals surface area (Å²) in [6.07, 6.45) is 0.509. The van der Waals surface area contributed by atoms with Gasteiger partial charge in [0, 0.05) is 17.9 Å². The van der Waals surface area contributed by atoms with E-state index in [1.54, 1.807) is 36.0 Å². The van der Waals surface area contributed by atoms with Gasteiger partial charge in [0.05, 0.1) is 11.6 Å². The van der Waals surface area contributed by atoms with E-state index in [9.17, 15) is 4.79 Å². The Balaban J connectivity index is 2.47. The van der Waals surface area contributed by atoms with Gasteiger partial charge in [-0.05, 0) is 24.0 Å². The van der Waals surface area contributed by atoms with Gasteiger partial charge in [-0.15, -0.1) is 0 Å². The van der Waals surface area contributed by atoms with Crippen molar-refractivity contribution in [2.24, 2.45) is 0 Å². The molecule has 1 N–H and O–H groups in total. The topological polar surface area (TPSA) is 52.9 Å². The van der Waals surface area contributed by atoms with Gasteiger partial charge in [0.2, 0.25) is 5.91 Å². The Hall–Kier alpha value is -1.47. The monoisotopic (exact) mass is 234 g/mol. The number of nitrogens with one attached hydrogen (secondary N) is 1. The van der Waals surface area contributed by atoms with Crippen molar-refractivity contribution >= 4 is 23.4 Å². The molecule has 0 aromatic heterocycles. The number of hydrogen-bond acceptors (Lipinski definition) is 3. The number of carbonyl (C=O) groups excluding carboxylic acids is 1. The lowest BCUT2D eigenvalue weighted by Gasteiger charge is -2.04. The molecule has 0 radical (unpaired) electrons. The summed E-state index contributed by atoms with van der Waals surface area (Å²) in [7, 11) is 0. The van der Waals surface area contributed by atoms with Crippen LogP contribution in [0.4, 0.5) is 5.69 Å². The molecule has 1 aromatic carbocycles.